The highest BCUT2D eigenvalue weighted by Crippen LogP contribution is 2.27. The van der Waals surface area contributed by atoms with Gasteiger partial charge in [-0.2, -0.15) is 0 Å². The summed E-state index contributed by atoms with van der Waals surface area (Å²) in [5.74, 6) is -0.0603. The van der Waals surface area contributed by atoms with Crippen molar-refractivity contribution >= 4 is 17.5 Å². The number of carbonyl (C=O) groups is 1. The molecule has 0 aromatic heterocycles. The molecule has 1 aromatic carbocycles. The van der Waals surface area contributed by atoms with Crippen molar-refractivity contribution in [3.63, 3.8) is 0 Å². The summed E-state index contributed by atoms with van der Waals surface area (Å²) in [7, 11) is 0. The maximum Gasteiger partial charge on any atom is 0.217 e. The second-order valence-electron chi connectivity index (χ2n) is 3.79. The molecule has 0 aliphatic rings. The van der Waals surface area contributed by atoms with Crippen LogP contribution in [0.25, 0.3) is 0 Å². The van der Waals surface area contributed by atoms with Crippen LogP contribution in [0.1, 0.15) is 26.3 Å². The van der Waals surface area contributed by atoms with Crippen molar-refractivity contribution in [3.05, 3.63) is 34.9 Å². The summed E-state index contributed by atoms with van der Waals surface area (Å²) in [6.45, 7) is 5.35. The van der Waals surface area contributed by atoms with E-state index in [0.717, 1.165) is 5.56 Å². The van der Waals surface area contributed by atoms with Crippen LogP contribution in [-0.2, 0) is 10.3 Å². The van der Waals surface area contributed by atoms with Gasteiger partial charge in [-0.05, 0) is 25.5 Å². The summed E-state index contributed by atoms with van der Waals surface area (Å²) in [5, 5.41) is 3.53. The van der Waals surface area contributed by atoms with Crippen molar-refractivity contribution in [1.82, 2.24) is 5.32 Å². The van der Waals surface area contributed by atoms with Gasteiger partial charge in [-0.15, -0.1) is 0 Å². The lowest BCUT2D eigenvalue weighted by atomic mass is 9.94. The molecule has 0 spiro atoms. The maximum absolute atomic E-state index is 11.0. The first-order valence-electron chi connectivity index (χ1n) is 4.47. The summed E-state index contributed by atoms with van der Waals surface area (Å²) in [6.07, 6.45) is 0. The van der Waals surface area contributed by atoms with E-state index >= 15 is 0 Å². The van der Waals surface area contributed by atoms with E-state index in [1.54, 1.807) is 0 Å². The largest absolute Gasteiger partial charge is 0.347 e. The van der Waals surface area contributed by atoms with Gasteiger partial charge in [0.1, 0.15) is 0 Å². The summed E-state index contributed by atoms with van der Waals surface area (Å²) < 4.78 is 0. The van der Waals surface area contributed by atoms with Crippen molar-refractivity contribution in [2.45, 2.75) is 26.3 Å². The summed E-state index contributed by atoms with van der Waals surface area (Å²) in [6, 6.07) is 7.51. The number of hydrogen-bond acceptors (Lipinski definition) is 1. The van der Waals surface area contributed by atoms with E-state index in [0.29, 0.717) is 5.02 Å². The highest BCUT2D eigenvalue weighted by Gasteiger charge is 2.23. The highest BCUT2D eigenvalue weighted by molar-refractivity contribution is 6.31. The monoisotopic (exact) mass is 211 g/mol. The Morgan fingerprint density at radius 3 is 2.43 bits per heavy atom. The van der Waals surface area contributed by atoms with Gasteiger partial charge in [0.05, 0.1) is 5.54 Å². The van der Waals surface area contributed by atoms with Gasteiger partial charge >= 0.3 is 0 Å². The number of carbonyl (C=O) groups excluding carboxylic acids is 1. The fourth-order valence-corrected chi connectivity index (χ4v) is 1.85. The molecular formula is C11H14ClNO. The minimum Gasteiger partial charge on any atom is -0.347 e. The molecular weight excluding hydrogens is 198 g/mol. The molecule has 0 atom stereocenters. The van der Waals surface area contributed by atoms with Crippen molar-refractivity contribution in [1.29, 1.82) is 0 Å². The Bertz CT molecular complexity index is 347. The topological polar surface area (TPSA) is 29.1 Å². The van der Waals surface area contributed by atoms with Gasteiger partial charge in [0, 0.05) is 11.9 Å². The smallest absolute Gasteiger partial charge is 0.217 e. The maximum atomic E-state index is 11.0. The zero-order chi connectivity index (χ0) is 10.8. The predicted molar refractivity (Wildman–Crippen MR) is 58.3 cm³/mol. The van der Waals surface area contributed by atoms with Crippen LogP contribution in [0.15, 0.2) is 24.3 Å². The Morgan fingerprint density at radius 2 is 1.93 bits per heavy atom. The van der Waals surface area contributed by atoms with E-state index < -0.39 is 5.54 Å². The first kappa shape index (κ1) is 11.1. The Morgan fingerprint density at radius 1 is 1.36 bits per heavy atom. The first-order chi connectivity index (χ1) is 6.43. The molecule has 1 rings (SSSR count). The van der Waals surface area contributed by atoms with E-state index in [1.165, 1.54) is 6.92 Å². The molecule has 0 saturated carbocycles. The minimum atomic E-state index is -0.426. The molecule has 0 bridgehead atoms. The molecule has 14 heavy (non-hydrogen) atoms. The van der Waals surface area contributed by atoms with Crippen LogP contribution in [0.4, 0.5) is 0 Å². The molecule has 0 radical (unpaired) electrons. The molecule has 0 heterocycles. The third-order valence-corrected chi connectivity index (χ3v) is 2.37. The van der Waals surface area contributed by atoms with E-state index in [2.05, 4.69) is 5.32 Å². The number of nitrogens with one attached hydrogen (secondary N) is 1. The Balaban J connectivity index is 3.03. The van der Waals surface area contributed by atoms with Gasteiger partial charge in [0.2, 0.25) is 5.91 Å². The van der Waals surface area contributed by atoms with Gasteiger partial charge in [-0.1, -0.05) is 29.8 Å². The summed E-state index contributed by atoms with van der Waals surface area (Å²) in [5.41, 5.74) is 0.501. The molecule has 0 aliphatic carbocycles. The van der Waals surface area contributed by atoms with Crippen molar-refractivity contribution in [2.75, 3.05) is 0 Å². The third kappa shape index (κ3) is 2.48. The fraction of sp³-hybridized carbons (Fsp3) is 0.364. The van der Waals surface area contributed by atoms with Crippen molar-refractivity contribution in [2.24, 2.45) is 0 Å². The van der Waals surface area contributed by atoms with Gasteiger partial charge in [-0.3, -0.25) is 4.79 Å². The Hall–Kier alpha value is -1.02. The van der Waals surface area contributed by atoms with E-state index in [9.17, 15) is 4.79 Å². The van der Waals surface area contributed by atoms with Crippen LogP contribution in [0, 0.1) is 0 Å². The molecule has 1 N–H and O–H groups in total. The van der Waals surface area contributed by atoms with Crippen LogP contribution < -0.4 is 5.32 Å². The predicted octanol–water partition coefficient (Wildman–Crippen LogP) is 2.71. The number of amides is 1. The SMILES string of the molecule is CC(=O)NC(C)(C)c1ccccc1Cl. The third-order valence-electron chi connectivity index (χ3n) is 2.04. The fourth-order valence-electron chi connectivity index (χ4n) is 1.48. The van der Waals surface area contributed by atoms with Crippen LogP contribution in [-0.4, -0.2) is 5.91 Å². The van der Waals surface area contributed by atoms with Crippen molar-refractivity contribution < 1.29 is 4.79 Å². The molecule has 1 amide bonds. The standard InChI is InChI=1S/C11H14ClNO/c1-8(14)13-11(2,3)9-6-4-5-7-10(9)12/h4-7H,1-3H3,(H,13,14). The van der Waals surface area contributed by atoms with E-state index in [4.69, 9.17) is 11.6 Å². The zero-order valence-corrected chi connectivity index (χ0v) is 9.35. The van der Waals surface area contributed by atoms with Gasteiger partial charge in [0.15, 0.2) is 0 Å². The van der Waals surface area contributed by atoms with E-state index in [1.807, 2.05) is 38.1 Å². The lowest BCUT2D eigenvalue weighted by molar-refractivity contribution is -0.120. The van der Waals surface area contributed by atoms with Crippen LogP contribution in [0.5, 0.6) is 0 Å². The number of halogens is 1. The molecule has 0 fully saturated rings. The van der Waals surface area contributed by atoms with Crippen molar-refractivity contribution in [3.8, 4) is 0 Å². The Labute approximate surface area is 89.3 Å². The summed E-state index contributed by atoms with van der Waals surface area (Å²) >= 11 is 6.04. The number of benzene rings is 1. The zero-order valence-electron chi connectivity index (χ0n) is 8.60. The van der Waals surface area contributed by atoms with Gasteiger partial charge in [-0.25, -0.2) is 0 Å². The molecule has 76 valence electrons. The number of rotatable bonds is 2. The normalized spacial score (nSPS) is 11.1. The molecule has 2 nitrogen and oxygen atoms in total. The molecule has 1 aromatic rings. The molecule has 0 unspecified atom stereocenters. The van der Waals surface area contributed by atoms with Gasteiger partial charge in [0.25, 0.3) is 0 Å². The minimum absolute atomic E-state index is 0.0603. The second kappa shape index (κ2) is 4.01. The highest BCUT2D eigenvalue weighted by atomic mass is 35.5. The lowest BCUT2D eigenvalue weighted by Crippen LogP contribution is -2.39. The lowest BCUT2D eigenvalue weighted by Gasteiger charge is -2.27. The molecule has 0 saturated heterocycles. The first-order valence-corrected chi connectivity index (χ1v) is 4.85. The van der Waals surface area contributed by atoms with Crippen LogP contribution >= 0.6 is 11.6 Å². The molecule has 0 aliphatic heterocycles. The van der Waals surface area contributed by atoms with Crippen LogP contribution in [0.3, 0.4) is 0 Å². The van der Waals surface area contributed by atoms with E-state index in [-0.39, 0.29) is 5.91 Å². The summed E-state index contributed by atoms with van der Waals surface area (Å²) in [4.78, 5) is 11.0. The number of hydrogen-bond donors (Lipinski definition) is 1. The van der Waals surface area contributed by atoms with Crippen LogP contribution in [0.2, 0.25) is 5.02 Å². The second-order valence-corrected chi connectivity index (χ2v) is 4.19. The average Bonchev–Trinajstić information content (AvgIpc) is 2.02. The average molecular weight is 212 g/mol. The van der Waals surface area contributed by atoms with Gasteiger partial charge < -0.3 is 5.32 Å². The quantitative estimate of drug-likeness (QED) is 0.801. The molecule has 3 heteroatoms. The Kier molecular flexibility index (Phi) is 3.17.